The van der Waals surface area contributed by atoms with Crippen LogP contribution in [-0.2, 0) is 16.1 Å². The Kier molecular flexibility index (Phi) is 5.18. The summed E-state index contributed by atoms with van der Waals surface area (Å²) in [6.07, 6.45) is 2.35. The predicted molar refractivity (Wildman–Crippen MR) is 90.4 cm³/mol. The molecule has 3 rings (SSSR count). The zero-order chi connectivity index (χ0) is 18.7. The molecule has 1 heterocycles. The zero-order valence-electron chi connectivity index (χ0n) is 13.9. The number of amidine groups is 1. The number of ether oxygens (including phenoxy) is 1. The highest BCUT2D eigenvalue weighted by Crippen LogP contribution is 2.37. The maximum Gasteiger partial charge on any atom is 0.287 e. The summed E-state index contributed by atoms with van der Waals surface area (Å²) in [5.41, 5.74) is 3.74. The van der Waals surface area contributed by atoms with E-state index in [0.29, 0.717) is 12.8 Å². The smallest absolute Gasteiger partial charge is 0.287 e. The van der Waals surface area contributed by atoms with Crippen molar-refractivity contribution >= 4 is 15.6 Å². The molecule has 1 aliphatic carbocycles. The SMILES string of the molecule is C[S@](=N)(=O)CCCOc1nonc1C(=N[C@H]1Cc2ccc(F)cc21)NO. The van der Waals surface area contributed by atoms with Gasteiger partial charge in [0.15, 0.2) is 5.84 Å². The van der Waals surface area contributed by atoms with Crippen LogP contribution in [0.2, 0.25) is 0 Å². The van der Waals surface area contributed by atoms with Gasteiger partial charge < -0.3 is 4.74 Å². The van der Waals surface area contributed by atoms with E-state index in [1.54, 1.807) is 6.07 Å². The van der Waals surface area contributed by atoms with Crippen molar-refractivity contribution in [1.29, 1.82) is 4.78 Å². The third-order valence-corrected chi connectivity index (χ3v) is 4.94. The number of halogens is 1. The summed E-state index contributed by atoms with van der Waals surface area (Å²) in [6, 6.07) is 4.17. The molecule has 0 radical (unpaired) electrons. The average Bonchev–Trinajstić information content (AvgIpc) is 3.02. The van der Waals surface area contributed by atoms with Crippen LogP contribution >= 0.6 is 0 Å². The van der Waals surface area contributed by atoms with Crippen molar-refractivity contribution in [3.8, 4) is 5.88 Å². The number of rotatable bonds is 7. The second-order valence-corrected chi connectivity index (χ2v) is 8.40. The molecule has 1 aliphatic rings. The van der Waals surface area contributed by atoms with E-state index in [2.05, 4.69) is 19.9 Å². The maximum absolute atomic E-state index is 13.4. The second kappa shape index (κ2) is 7.38. The van der Waals surface area contributed by atoms with Gasteiger partial charge in [0.2, 0.25) is 5.69 Å². The Morgan fingerprint density at radius 1 is 1.58 bits per heavy atom. The van der Waals surface area contributed by atoms with E-state index in [9.17, 15) is 13.8 Å². The highest BCUT2D eigenvalue weighted by Gasteiger charge is 2.28. The monoisotopic (exact) mass is 383 g/mol. The summed E-state index contributed by atoms with van der Waals surface area (Å²) in [5, 5.41) is 16.7. The van der Waals surface area contributed by atoms with Crippen LogP contribution in [0, 0.1) is 10.6 Å². The van der Waals surface area contributed by atoms with Gasteiger partial charge in [-0.05, 0) is 46.4 Å². The molecule has 1 aromatic heterocycles. The molecule has 2 aromatic rings. The fourth-order valence-corrected chi connectivity index (χ4v) is 3.25. The number of benzene rings is 1. The van der Waals surface area contributed by atoms with Crippen LogP contribution in [-0.4, -0.2) is 44.2 Å². The van der Waals surface area contributed by atoms with Crippen LogP contribution in [0.15, 0.2) is 27.8 Å². The number of aliphatic imine (C=N–C) groups is 1. The van der Waals surface area contributed by atoms with E-state index in [-0.39, 0.29) is 41.6 Å². The van der Waals surface area contributed by atoms with Crippen molar-refractivity contribution in [1.82, 2.24) is 15.8 Å². The van der Waals surface area contributed by atoms with Crippen molar-refractivity contribution in [3.63, 3.8) is 0 Å². The highest BCUT2D eigenvalue weighted by molar-refractivity contribution is 7.91. The average molecular weight is 383 g/mol. The lowest BCUT2D eigenvalue weighted by molar-refractivity contribution is 0.232. The number of hydrogen-bond donors (Lipinski definition) is 3. The van der Waals surface area contributed by atoms with E-state index in [0.717, 1.165) is 11.1 Å². The highest BCUT2D eigenvalue weighted by atomic mass is 32.2. The molecule has 140 valence electrons. The molecule has 0 fully saturated rings. The van der Waals surface area contributed by atoms with Gasteiger partial charge in [-0.15, -0.1) is 0 Å². The van der Waals surface area contributed by atoms with Gasteiger partial charge in [-0.1, -0.05) is 6.07 Å². The summed E-state index contributed by atoms with van der Waals surface area (Å²) in [7, 11) is -2.59. The molecule has 0 saturated heterocycles. The van der Waals surface area contributed by atoms with Crippen LogP contribution in [0.4, 0.5) is 4.39 Å². The molecule has 0 bridgehead atoms. The Morgan fingerprint density at radius 2 is 2.38 bits per heavy atom. The predicted octanol–water partition coefficient (Wildman–Crippen LogP) is 1.68. The minimum absolute atomic E-state index is 0.0108. The fraction of sp³-hybridized carbons (Fsp3) is 0.400. The third kappa shape index (κ3) is 4.17. The third-order valence-electron chi connectivity index (χ3n) is 3.87. The lowest BCUT2D eigenvalue weighted by Gasteiger charge is -2.27. The van der Waals surface area contributed by atoms with E-state index >= 15 is 0 Å². The first-order valence-electron chi connectivity index (χ1n) is 7.81. The van der Waals surface area contributed by atoms with E-state index in [1.807, 2.05) is 5.48 Å². The van der Waals surface area contributed by atoms with Crippen LogP contribution in [0.25, 0.3) is 0 Å². The Morgan fingerprint density at radius 3 is 3.12 bits per heavy atom. The molecule has 9 nitrogen and oxygen atoms in total. The molecule has 26 heavy (non-hydrogen) atoms. The zero-order valence-corrected chi connectivity index (χ0v) is 14.8. The molecule has 11 heteroatoms. The van der Waals surface area contributed by atoms with Crippen molar-refractivity contribution in [2.45, 2.75) is 18.9 Å². The minimum Gasteiger partial charge on any atom is -0.474 e. The quantitative estimate of drug-likeness (QED) is 0.287. The molecule has 3 N–H and O–H groups in total. The fourth-order valence-electron chi connectivity index (χ4n) is 2.59. The van der Waals surface area contributed by atoms with Crippen molar-refractivity contribution in [2.24, 2.45) is 4.99 Å². The standard InChI is InChI=1S/C15H18FN5O4S/c1-26(17,23)6-2-5-24-15-13(20-25-21-15)14(19-22)18-12-7-9-3-4-10(16)8-11(9)12/h3-4,8,12,17,22H,2,5-7H2,1H3,(H,18,19)/t12-,26-/m0/s1. The van der Waals surface area contributed by atoms with Crippen molar-refractivity contribution < 1.29 is 23.2 Å². The van der Waals surface area contributed by atoms with Gasteiger partial charge in [-0.3, -0.25) is 24.7 Å². The number of nitrogens with one attached hydrogen (secondary N) is 2. The summed E-state index contributed by atoms with van der Waals surface area (Å²) < 4.78 is 42.1. The summed E-state index contributed by atoms with van der Waals surface area (Å²) in [6.45, 7) is 0.154. The summed E-state index contributed by atoms with van der Waals surface area (Å²) in [4.78, 5) is 4.32. The Balaban J connectivity index is 1.71. The van der Waals surface area contributed by atoms with Crippen LogP contribution in [0.5, 0.6) is 5.88 Å². The first kappa shape index (κ1) is 18.3. The van der Waals surface area contributed by atoms with Crippen LogP contribution in [0.1, 0.15) is 29.3 Å². The Labute approximate surface area is 149 Å². The Hall–Kier alpha value is -2.53. The molecule has 0 unspecified atom stereocenters. The molecular weight excluding hydrogens is 365 g/mol. The van der Waals surface area contributed by atoms with Crippen molar-refractivity contribution in [3.05, 3.63) is 40.8 Å². The molecule has 2 atom stereocenters. The van der Waals surface area contributed by atoms with E-state index in [4.69, 9.17) is 9.52 Å². The molecule has 0 aliphatic heterocycles. The molecule has 0 saturated carbocycles. The molecule has 0 amide bonds. The van der Waals surface area contributed by atoms with Gasteiger partial charge in [0.05, 0.1) is 12.6 Å². The molecular formula is C15H18FN5O4S. The van der Waals surface area contributed by atoms with Gasteiger partial charge in [0.1, 0.15) is 5.82 Å². The normalized spacial score (nSPS) is 18.6. The largest absolute Gasteiger partial charge is 0.474 e. The van der Waals surface area contributed by atoms with Gasteiger partial charge in [0, 0.05) is 21.7 Å². The maximum atomic E-state index is 13.4. The van der Waals surface area contributed by atoms with Gasteiger partial charge in [-0.25, -0.2) is 9.02 Å². The number of hydroxylamine groups is 1. The number of nitrogens with zero attached hydrogens (tertiary/aromatic N) is 3. The second-order valence-electron chi connectivity index (χ2n) is 5.98. The first-order valence-corrected chi connectivity index (χ1v) is 9.94. The van der Waals surface area contributed by atoms with Gasteiger partial charge in [-0.2, -0.15) is 0 Å². The summed E-state index contributed by atoms with van der Waals surface area (Å²) >= 11 is 0. The number of aromatic nitrogens is 2. The number of hydrogen-bond acceptors (Lipinski definition) is 8. The molecule has 1 aromatic carbocycles. The van der Waals surface area contributed by atoms with Gasteiger partial charge in [0.25, 0.3) is 5.88 Å². The van der Waals surface area contributed by atoms with E-state index < -0.39 is 9.73 Å². The van der Waals surface area contributed by atoms with Crippen molar-refractivity contribution in [2.75, 3.05) is 18.6 Å². The lowest BCUT2D eigenvalue weighted by Crippen LogP contribution is -2.26. The Bertz CT molecular complexity index is 928. The van der Waals surface area contributed by atoms with E-state index in [1.165, 1.54) is 18.4 Å². The lowest BCUT2D eigenvalue weighted by atomic mass is 9.83. The molecule has 0 spiro atoms. The first-order chi connectivity index (χ1) is 12.4. The topological polar surface area (TPSA) is 134 Å². The van der Waals surface area contributed by atoms with Crippen LogP contribution < -0.4 is 10.2 Å². The van der Waals surface area contributed by atoms with Crippen LogP contribution in [0.3, 0.4) is 0 Å². The number of fused-ring (bicyclic) bond motifs is 1. The minimum atomic E-state index is -2.59. The van der Waals surface area contributed by atoms with Gasteiger partial charge >= 0.3 is 0 Å². The summed E-state index contributed by atoms with van der Waals surface area (Å²) in [5.74, 6) is -0.161.